The van der Waals surface area contributed by atoms with Crippen LogP contribution in [0.4, 0.5) is 0 Å². The molecule has 0 aliphatic heterocycles. The van der Waals surface area contributed by atoms with Crippen molar-refractivity contribution in [2.45, 2.75) is 48.0 Å². The van der Waals surface area contributed by atoms with E-state index in [2.05, 4.69) is 42.4 Å². The molecule has 27 heavy (non-hydrogen) atoms. The lowest BCUT2D eigenvalue weighted by Crippen LogP contribution is -2.08. The highest BCUT2D eigenvalue weighted by molar-refractivity contribution is 6.09. The van der Waals surface area contributed by atoms with Crippen molar-refractivity contribution in [2.24, 2.45) is 5.16 Å². The van der Waals surface area contributed by atoms with E-state index < -0.39 is 0 Å². The number of benzene rings is 1. The molecule has 2 heterocycles. The summed E-state index contributed by atoms with van der Waals surface area (Å²) in [6, 6.07) is 4.06. The van der Waals surface area contributed by atoms with E-state index in [0.717, 1.165) is 44.9 Å². The molecule has 0 aliphatic rings. The van der Waals surface area contributed by atoms with Crippen LogP contribution in [0.25, 0.3) is 16.7 Å². The highest BCUT2D eigenvalue weighted by Gasteiger charge is 2.22. The summed E-state index contributed by atoms with van der Waals surface area (Å²) in [4.78, 5) is 9.34. The van der Waals surface area contributed by atoms with Gasteiger partial charge in [-0.05, 0) is 69.9 Å². The number of hydrogen-bond acceptors (Lipinski definition) is 5. The van der Waals surface area contributed by atoms with Crippen molar-refractivity contribution in [3.05, 3.63) is 46.0 Å². The maximum absolute atomic E-state index is 9.47. The summed E-state index contributed by atoms with van der Waals surface area (Å²) >= 11 is 0. The summed E-state index contributed by atoms with van der Waals surface area (Å²) in [5.74, 6) is 1.49. The van der Waals surface area contributed by atoms with Crippen LogP contribution < -0.4 is 4.74 Å². The monoisotopic (exact) mass is 366 g/mol. The van der Waals surface area contributed by atoms with Crippen molar-refractivity contribution in [1.82, 2.24) is 14.5 Å². The van der Waals surface area contributed by atoms with E-state index in [9.17, 15) is 5.21 Å². The third-order valence-electron chi connectivity index (χ3n) is 5.12. The van der Waals surface area contributed by atoms with Crippen LogP contribution in [-0.4, -0.2) is 32.6 Å². The zero-order valence-electron chi connectivity index (χ0n) is 17.0. The van der Waals surface area contributed by atoms with Gasteiger partial charge in [0.05, 0.1) is 18.2 Å². The minimum atomic E-state index is 0.564. The van der Waals surface area contributed by atoms with Crippen LogP contribution in [0.5, 0.6) is 5.75 Å². The standard InChI is InChI=1S/C21H26N4O2/c1-8-17(24-26)19-18-13(4)14(5)25(21(18)23-15(6)22-19)20-11(2)9-16(27-7)10-12(20)3/h9-10,26H,8H2,1-7H3/b24-17-. The third kappa shape index (κ3) is 2.95. The minimum Gasteiger partial charge on any atom is -0.497 e. The van der Waals surface area contributed by atoms with Crippen molar-refractivity contribution in [3.8, 4) is 11.4 Å². The fourth-order valence-electron chi connectivity index (χ4n) is 3.73. The molecule has 3 aromatic rings. The van der Waals surface area contributed by atoms with Crippen molar-refractivity contribution in [1.29, 1.82) is 0 Å². The average molecular weight is 366 g/mol. The maximum Gasteiger partial charge on any atom is 0.149 e. The lowest BCUT2D eigenvalue weighted by atomic mass is 10.1. The van der Waals surface area contributed by atoms with E-state index in [4.69, 9.17) is 9.72 Å². The Hall–Kier alpha value is -2.89. The SMILES string of the molecule is CC/C(=N/O)c1nc(C)nc2c1c(C)c(C)n2-c1c(C)cc(OC)cc1C. The topological polar surface area (TPSA) is 72.5 Å². The number of aryl methyl sites for hydroxylation is 4. The largest absolute Gasteiger partial charge is 0.497 e. The molecule has 0 aliphatic carbocycles. The maximum atomic E-state index is 9.47. The highest BCUT2D eigenvalue weighted by Crippen LogP contribution is 2.34. The fraction of sp³-hybridized carbons (Fsp3) is 0.381. The number of hydrogen-bond donors (Lipinski definition) is 1. The summed E-state index contributed by atoms with van der Waals surface area (Å²) in [6.45, 7) is 12.1. The van der Waals surface area contributed by atoms with E-state index >= 15 is 0 Å². The van der Waals surface area contributed by atoms with Gasteiger partial charge in [0, 0.05) is 5.69 Å². The predicted octanol–water partition coefficient (Wildman–Crippen LogP) is 4.56. The van der Waals surface area contributed by atoms with E-state index in [-0.39, 0.29) is 0 Å². The van der Waals surface area contributed by atoms with Gasteiger partial charge in [-0.1, -0.05) is 12.1 Å². The number of aromatic nitrogens is 3. The predicted molar refractivity (Wildman–Crippen MR) is 108 cm³/mol. The number of ether oxygens (including phenoxy) is 1. The number of fused-ring (bicyclic) bond motifs is 1. The lowest BCUT2D eigenvalue weighted by molar-refractivity contribution is 0.318. The second-order valence-corrected chi connectivity index (χ2v) is 6.87. The van der Waals surface area contributed by atoms with Gasteiger partial charge in [-0.3, -0.25) is 4.57 Å². The summed E-state index contributed by atoms with van der Waals surface area (Å²) in [5.41, 5.74) is 7.58. The molecule has 1 aromatic carbocycles. The van der Waals surface area contributed by atoms with Crippen LogP contribution in [0.3, 0.4) is 0 Å². The molecule has 1 N–H and O–H groups in total. The molecular formula is C21H26N4O2. The Kier molecular flexibility index (Phi) is 4.91. The number of oxime groups is 1. The molecular weight excluding hydrogens is 340 g/mol. The quantitative estimate of drug-likeness (QED) is 0.417. The molecule has 0 amide bonds. The van der Waals surface area contributed by atoms with Crippen LogP contribution in [0, 0.1) is 34.6 Å². The van der Waals surface area contributed by atoms with Crippen molar-refractivity contribution in [3.63, 3.8) is 0 Å². The molecule has 0 spiro atoms. The zero-order chi connectivity index (χ0) is 19.9. The Labute approximate surface area is 159 Å². The lowest BCUT2D eigenvalue weighted by Gasteiger charge is -2.16. The van der Waals surface area contributed by atoms with Gasteiger partial charge in [0.2, 0.25) is 0 Å². The second kappa shape index (κ2) is 7.02. The molecule has 0 saturated heterocycles. The Balaban J connectivity index is 2.46. The molecule has 0 fully saturated rings. The first-order valence-electron chi connectivity index (χ1n) is 9.07. The van der Waals surface area contributed by atoms with E-state index in [1.165, 1.54) is 0 Å². The summed E-state index contributed by atoms with van der Waals surface area (Å²) in [6.07, 6.45) is 0.590. The molecule has 2 aromatic heterocycles. The van der Waals surface area contributed by atoms with Gasteiger partial charge in [-0.15, -0.1) is 0 Å². The van der Waals surface area contributed by atoms with Crippen LogP contribution in [0.1, 0.15) is 47.2 Å². The molecule has 0 saturated carbocycles. The van der Waals surface area contributed by atoms with Crippen molar-refractivity contribution in [2.75, 3.05) is 7.11 Å². The van der Waals surface area contributed by atoms with Gasteiger partial charge in [0.1, 0.15) is 28.6 Å². The Morgan fingerprint density at radius 1 is 1.11 bits per heavy atom. The van der Waals surface area contributed by atoms with Crippen LogP contribution >= 0.6 is 0 Å². The van der Waals surface area contributed by atoms with Crippen molar-refractivity contribution < 1.29 is 9.94 Å². The normalized spacial score (nSPS) is 12.0. The van der Waals surface area contributed by atoms with Gasteiger partial charge >= 0.3 is 0 Å². The molecule has 0 radical (unpaired) electrons. The van der Waals surface area contributed by atoms with E-state index in [1.807, 2.05) is 26.0 Å². The Morgan fingerprint density at radius 2 is 1.74 bits per heavy atom. The second-order valence-electron chi connectivity index (χ2n) is 6.87. The molecule has 0 bridgehead atoms. The molecule has 3 rings (SSSR count). The average Bonchev–Trinajstić information content (AvgIpc) is 2.87. The number of methoxy groups -OCH3 is 1. The number of nitrogens with zero attached hydrogens (tertiary/aromatic N) is 4. The first kappa shape index (κ1) is 18.9. The Morgan fingerprint density at radius 3 is 2.26 bits per heavy atom. The van der Waals surface area contributed by atoms with Crippen LogP contribution in [0.15, 0.2) is 17.3 Å². The molecule has 6 heteroatoms. The highest BCUT2D eigenvalue weighted by atomic mass is 16.5. The zero-order valence-corrected chi connectivity index (χ0v) is 17.0. The van der Waals surface area contributed by atoms with Gasteiger partial charge in [0.15, 0.2) is 0 Å². The van der Waals surface area contributed by atoms with E-state index in [1.54, 1.807) is 7.11 Å². The smallest absolute Gasteiger partial charge is 0.149 e. The molecule has 0 atom stereocenters. The van der Waals surface area contributed by atoms with Crippen LogP contribution in [0.2, 0.25) is 0 Å². The van der Waals surface area contributed by atoms with Gasteiger partial charge < -0.3 is 9.94 Å². The third-order valence-corrected chi connectivity index (χ3v) is 5.12. The summed E-state index contributed by atoms with van der Waals surface area (Å²) in [7, 11) is 1.68. The summed E-state index contributed by atoms with van der Waals surface area (Å²) < 4.78 is 7.59. The Bertz CT molecular complexity index is 1040. The van der Waals surface area contributed by atoms with Crippen molar-refractivity contribution >= 4 is 16.7 Å². The van der Waals surface area contributed by atoms with Gasteiger partial charge in [0.25, 0.3) is 0 Å². The minimum absolute atomic E-state index is 0.564. The van der Waals surface area contributed by atoms with Crippen LogP contribution in [-0.2, 0) is 0 Å². The molecule has 142 valence electrons. The number of rotatable bonds is 4. The van der Waals surface area contributed by atoms with E-state index in [0.29, 0.717) is 23.7 Å². The summed E-state index contributed by atoms with van der Waals surface area (Å²) in [5, 5.41) is 13.9. The van der Waals surface area contributed by atoms with Gasteiger partial charge in [-0.2, -0.15) is 0 Å². The fourth-order valence-corrected chi connectivity index (χ4v) is 3.73. The molecule has 6 nitrogen and oxygen atoms in total. The first-order chi connectivity index (χ1) is 12.8. The molecule has 0 unspecified atom stereocenters. The van der Waals surface area contributed by atoms with Gasteiger partial charge in [-0.25, -0.2) is 9.97 Å². The first-order valence-corrected chi connectivity index (χ1v) is 9.07.